The van der Waals surface area contributed by atoms with Gasteiger partial charge in [0.1, 0.15) is 0 Å². The van der Waals surface area contributed by atoms with Gasteiger partial charge in [0.05, 0.1) is 4.92 Å². The number of nitrogens with zero attached hydrogens (tertiary/aromatic N) is 1. The lowest BCUT2D eigenvalue weighted by Crippen LogP contribution is -2.26. The van der Waals surface area contributed by atoms with E-state index in [1.165, 1.54) is 6.07 Å². The molecule has 0 saturated carbocycles. The molecule has 1 N–H and O–H groups in total. The van der Waals surface area contributed by atoms with Crippen molar-refractivity contribution in [1.29, 1.82) is 0 Å². The summed E-state index contributed by atoms with van der Waals surface area (Å²) in [6, 6.07) is 6.74. The van der Waals surface area contributed by atoms with Gasteiger partial charge in [-0.05, 0) is 37.4 Å². The summed E-state index contributed by atoms with van der Waals surface area (Å²) < 4.78 is 0. The molecule has 1 fully saturated rings. The molecule has 2 rings (SSSR count). The van der Waals surface area contributed by atoms with E-state index in [2.05, 4.69) is 11.4 Å². The summed E-state index contributed by atoms with van der Waals surface area (Å²) in [5, 5.41) is 13.9. The van der Waals surface area contributed by atoms with Crippen molar-refractivity contribution in [2.24, 2.45) is 5.92 Å². The van der Waals surface area contributed by atoms with Crippen molar-refractivity contribution in [3.05, 3.63) is 46.0 Å². The zero-order valence-corrected chi connectivity index (χ0v) is 9.63. The van der Waals surface area contributed by atoms with E-state index in [1.807, 2.05) is 12.1 Å². The number of nitro benzene ring substituents is 1. The third-order valence-corrected chi connectivity index (χ3v) is 3.03. The molecule has 1 saturated heterocycles. The van der Waals surface area contributed by atoms with Crippen molar-refractivity contribution in [2.45, 2.75) is 12.8 Å². The Morgan fingerprint density at radius 1 is 1.35 bits per heavy atom. The molecule has 1 aromatic rings. The van der Waals surface area contributed by atoms with Gasteiger partial charge < -0.3 is 5.32 Å². The standard InChI is InChI=1S/C13H16N2O2/c16-15(17)13-3-1-2-12(10-13)5-4-11-6-8-14-9-7-11/h1-5,10-11,14H,6-9H2/b5-4+. The molecule has 17 heavy (non-hydrogen) atoms. The fourth-order valence-corrected chi connectivity index (χ4v) is 2.03. The van der Waals surface area contributed by atoms with Crippen LogP contribution in [0.25, 0.3) is 6.08 Å². The van der Waals surface area contributed by atoms with Crippen LogP contribution in [-0.2, 0) is 0 Å². The Morgan fingerprint density at radius 3 is 2.82 bits per heavy atom. The molecule has 90 valence electrons. The Labute approximate surface area is 100 Å². The topological polar surface area (TPSA) is 55.2 Å². The largest absolute Gasteiger partial charge is 0.317 e. The van der Waals surface area contributed by atoms with E-state index in [-0.39, 0.29) is 10.6 Å². The van der Waals surface area contributed by atoms with E-state index >= 15 is 0 Å². The van der Waals surface area contributed by atoms with Crippen LogP contribution < -0.4 is 5.32 Å². The van der Waals surface area contributed by atoms with Gasteiger partial charge >= 0.3 is 0 Å². The molecule has 0 aromatic heterocycles. The highest BCUT2D eigenvalue weighted by Gasteiger charge is 2.09. The van der Waals surface area contributed by atoms with E-state index in [0.717, 1.165) is 31.5 Å². The van der Waals surface area contributed by atoms with Gasteiger partial charge in [0.15, 0.2) is 0 Å². The van der Waals surface area contributed by atoms with Crippen LogP contribution in [0.1, 0.15) is 18.4 Å². The number of hydrogen-bond acceptors (Lipinski definition) is 3. The highest BCUT2D eigenvalue weighted by atomic mass is 16.6. The van der Waals surface area contributed by atoms with Crippen LogP contribution in [0.4, 0.5) is 5.69 Å². The minimum Gasteiger partial charge on any atom is -0.317 e. The fourth-order valence-electron chi connectivity index (χ4n) is 2.03. The maximum atomic E-state index is 10.6. The monoisotopic (exact) mass is 232 g/mol. The first kappa shape index (κ1) is 11.8. The second-order valence-electron chi connectivity index (χ2n) is 4.30. The third kappa shape index (κ3) is 3.39. The van der Waals surface area contributed by atoms with Crippen molar-refractivity contribution >= 4 is 11.8 Å². The normalized spacial score (nSPS) is 17.4. The number of nitrogens with one attached hydrogen (secondary N) is 1. The molecule has 0 spiro atoms. The number of hydrogen-bond donors (Lipinski definition) is 1. The molecule has 4 nitrogen and oxygen atoms in total. The summed E-state index contributed by atoms with van der Waals surface area (Å²) in [6.45, 7) is 2.12. The predicted octanol–water partition coefficient (Wildman–Crippen LogP) is 2.61. The smallest absolute Gasteiger partial charge is 0.270 e. The Balaban J connectivity index is 2.04. The van der Waals surface area contributed by atoms with Gasteiger partial charge in [0.2, 0.25) is 0 Å². The zero-order chi connectivity index (χ0) is 12.1. The van der Waals surface area contributed by atoms with Crippen molar-refractivity contribution in [3.63, 3.8) is 0 Å². The van der Waals surface area contributed by atoms with Crippen LogP contribution in [0, 0.1) is 16.0 Å². The minimum absolute atomic E-state index is 0.150. The zero-order valence-electron chi connectivity index (χ0n) is 9.63. The summed E-state index contributed by atoms with van der Waals surface area (Å²) in [6.07, 6.45) is 6.44. The average molecular weight is 232 g/mol. The molecule has 1 aliphatic heterocycles. The third-order valence-electron chi connectivity index (χ3n) is 3.03. The molecule has 0 radical (unpaired) electrons. The average Bonchev–Trinajstić information content (AvgIpc) is 2.38. The summed E-state index contributed by atoms with van der Waals surface area (Å²) in [5.74, 6) is 0.593. The Bertz CT molecular complexity index is 423. The fraction of sp³-hybridized carbons (Fsp3) is 0.385. The Morgan fingerprint density at radius 2 is 2.12 bits per heavy atom. The van der Waals surface area contributed by atoms with Crippen LogP contribution in [0.5, 0.6) is 0 Å². The molecule has 4 heteroatoms. The lowest BCUT2D eigenvalue weighted by molar-refractivity contribution is -0.384. The first-order valence-electron chi connectivity index (χ1n) is 5.89. The lowest BCUT2D eigenvalue weighted by Gasteiger charge is -2.19. The first-order chi connectivity index (χ1) is 8.25. The van der Waals surface area contributed by atoms with Gasteiger partial charge in [0.25, 0.3) is 5.69 Å². The van der Waals surface area contributed by atoms with E-state index in [4.69, 9.17) is 0 Å². The summed E-state index contributed by atoms with van der Waals surface area (Å²) in [5.41, 5.74) is 1.05. The van der Waals surface area contributed by atoms with Crippen LogP contribution >= 0.6 is 0 Å². The van der Waals surface area contributed by atoms with Crippen molar-refractivity contribution in [3.8, 4) is 0 Å². The van der Waals surface area contributed by atoms with Gasteiger partial charge in [-0.3, -0.25) is 10.1 Å². The van der Waals surface area contributed by atoms with E-state index < -0.39 is 0 Å². The predicted molar refractivity (Wildman–Crippen MR) is 67.7 cm³/mol. The molecular weight excluding hydrogens is 216 g/mol. The molecule has 0 unspecified atom stereocenters. The van der Waals surface area contributed by atoms with Gasteiger partial charge in [-0.25, -0.2) is 0 Å². The van der Waals surface area contributed by atoms with Gasteiger partial charge in [-0.15, -0.1) is 0 Å². The molecule has 1 aromatic carbocycles. The maximum absolute atomic E-state index is 10.6. The number of benzene rings is 1. The second kappa shape index (κ2) is 5.59. The first-order valence-corrected chi connectivity index (χ1v) is 5.89. The van der Waals surface area contributed by atoms with Crippen LogP contribution in [0.2, 0.25) is 0 Å². The second-order valence-corrected chi connectivity index (χ2v) is 4.30. The molecule has 0 amide bonds. The number of non-ortho nitro benzene ring substituents is 1. The highest BCUT2D eigenvalue weighted by molar-refractivity contribution is 5.53. The maximum Gasteiger partial charge on any atom is 0.270 e. The SMILES string of the molecule is O=[N+]([O-])c1cccc(/C=C/C2CCNCC2)c1. The summed E-state index contributed by atoms with van der Waals surface area (Å²) in [4.78, 5) is 10.3. The van der Waals surface area contributed by atoms with Gasteiger partial charge in [-0.1, -0.05) is 24.3 Å². The molecular formula is C13H16N2O2. The minimum atomic E-state index is -0.359. The van der Waals surface area contributed by atoms with Crippen molar-refractivity contribution in [2.75, 3.05) is 13.1 Å². The summed E-state index contributed by atoms with van der Waals surface area (Å²) in [7, 11) is 0. The Kier molecular flexibility index (Phi) is 3.88. The van der Waals surface area contributed by atoms with E-state index in [1.54, 1.807) is 12.1 Å². The van der Waals surface area contributed by atoms with Crippen LogP contribution in [-0.4, -0.2) is 18.0 Å². The van der Waals surface area contributed by atoms with Gasteiger partial charge in [-0.2, -0.15) is 0 Å². The van der Waals surface area contributed by atoms with Crippen molar-refractivity contribution < 1.29 is 4.92 Å². The molecule has 0 bridgehead atoms. The highest BCUT2D eigenvalue weighted by Crippen LogP contribution is 2.18. The molecule has 0 atom stereocenters. The quantitative estimate of drug-likeness (QED) is 0.643. The van der Waals surface area contributed by atoms with Crippen molar-refractivity contribution in [1.82, 2.24) is 5.32 Å². The number of rotatable bonds is 3. The lowest BCUT2D eigenvalue weighted by atomic mass is 9.97. The molecule has 1 aliphatic rings. The molecule has 1 heterocycles. The number of piperidine rings is 1. The van der Waals surface area contributed by atoms with Crippen LogP contribution in [0.15, 0.2) is 30.3 Å². The van der Waals surface area contributed by atoms with Gasteiger partial charge in [0, 0.05) is 12.1 Å². The molecule has 0 aliphatic carbocycles. The number of nitro groups is 1. The van der Waals surface area contributed by atoms with Crippen LogP contribution in [0.3, 0.4) is 0 Å². The van der Waals surface area contributed by atoms with E-state index in [0.29, 0.717) is 5.92 Å². The summed E-state index contributed by atoms with van der Waals surface area (Å²) >= 11 is 0. The Hall–Kier alpha value is -1.68. The number of allylic oxidation sites excluding steroid dienone is 1. The van der Waals surface area contributed by atoms with E-state index in [9.17, 15) is 10.1 Å².